The van der Waals surface area contributed by atoms with E-state index in [9.17, 15) is 0 Å². The van der Waals surface area contributed by atoms with Gasteiger partial charge in [0.1, 0.15) is 0 Å². The van der Waals surface area contributed by atoms with Crippen LogP contribution in [0, 0.1) is 0 Å². The van der Waals surface area contributed by atoms with Crippen LogP contribution in [0.1, 0.15) is 19.0 Å². The summed E-state index contributed by atoms with van der Waals surface area (Å²) in [4.78, 5) is 2.55. The van der Waals surface area contributed by atoms with Gasteiger partial charge in [-0.3, -0.25) is 4.68 Å². The topological polar surface area (TPSA) is 33.1 Å². The van der Waals surface area contributed by atoms with Crippen molar-refractivity contribution in [1.29, 1.82) is 0 Å². The minimum atomic E-state index is 0.573. The van der Waals surface area contributed by atoms with Gasteiger partial charge in [0.15, 0.2) is 0 Å². The summed E-state index contributed by atoms with van der Waals surface area (Å²) in [5, 5.41) is 7.96. The highest BCUT2D eigenvalue weighted by Gasteiger charge is 2.22. The Labute approximate surface area is 126 Å². The number of aromatic nitrogens is 2. The molecule has 1 saturated heterocycles. The second kappa shape index (κ2) is 6.76. The minimum absolute atomic E-state index is 0.573. The Morgan fingerprint density at radius 1 is 1.24 bits per heavy atom. The highest BCUT2D eigenvalue weighted by atomic mass is 15.3. The Morgan fingerprint density at radius 3 is 2.90 bits per heavy atom. The number of likely N-dealkylation sites (tertiary alicyclic amines) is 1. The van der Waals surface area contributed by atoms with Crippen molar-refractivity contribution in [2.45, 2.75) is 32.4 Å². The normalized spacial score (nSPS) is 19.0. The first-order chi connectivity index (χ1) is 10.3. The van der Waals surface area contributed by atoms with E-state index in [0.717, 1.165) is 26.1 Å². The van der Waals surface area contributed by atoms with Crippen molar-refractivity contribution < 1.29 is 0 Å². The van der Waals surface area contributed by atoms with Crippen LogP contribution in [-0.2, 0) is 13.0 Å². The molecule has 0 unspecified atom stereocenters. The highest BCUT2D eigenvalue weighted by Crippen LogP contribution is 2.16. The van der Waals surface area contributed by atoms with Gasteiger partial charge in [0.05, 0.1) is 0 Å². The van der Waals surface area contributed by atoms with Gasteiger partial charge in [0.2, 0.25) is 0 Å². The number of nitrogens with zero attached hydrogens (tertiary/aromatic N) is 3. The fourth-order valence-electron chi connectivity index (χ4n) is 3.05. The first kappa shape index (κ1) is 14.1. The average Bonchev–Trinajstić information content (AvgIpc) is 3.15. The lowest BCUT2D eigenvalue weighted by Gasteiger charge is -2.17. The third-order valence-electron chi connectivity index (χ3n) is 4.21. The quantitative estimate of drug-likeness (QED) is 0.885. The van der Waals surface area contributed by atoms with E-state index in [4.69, 9.17) is 0 Å². The second-order valence-corrected chi connectivity index (χ2v) is 5.68. The van der Waals surface area contributed by atoms with Crippen molar-refractivity contribution in [2.24, 2.45) is 0 Å². The molecule has 0 radical (unpaired) electrons. The molecule has 1 aromatic heterocycles. The van der Waals surface area contributed by atoms with E-state index in [1.165, 1.54) is 24.3 Å². The molecule has 4 heteroatoms. The molecule has 1 aromatic carbocycles. The van der Waals surface area contributed by atoms with Gasteiger partial charge >= 0.3 is 0 Å². The van der Waals surface area contributed by atoms with Crippen LogP contribution in [0.3, 0.4) is 0 Å². The van der Waals surface area contributed by atoms with Crippen LogP contribution in [0.4, 0.5) is 5.69 Å². The fourth-order valence-corrected chi connectivity index (χ4v) is 3.05. The molecule has 112 valence electrons. The summed E-state index contributed by atoms with van der Waals surface area (Å²) in [5.41, 5.74) is 2.57. The summed E-state index contributed by atoms with van der Waals surface area (Å²) in [7, 11) is 0. The number of anilines is 1. The molecule has 4 nitrogen and oxygen atoms in total. The van der Waals surface area contributed by atoms with Gasteiger partial charge in [-0.25, -0.2) is 0 Å². The van der Waals surface area contributed by atoms with E-state index in [1.807, 2.05) is 6.20 Å². The lowest BCUT2D eigenvalue weighted by Crippen LogP contribution is -2.28. The maximum absolute atomic E-state index is 4.34. The van der Waals surface area contributed by atoms with Crippen LogP contribution in [0.2, 0.25) is 0 Å². The summed E-state index contributed by atoms with van der Waals surface area (Å²) < 4.78 is 2.09. The third kappa shape index (κ3) is 3.64. The van der Waals surface area contributed by atoms with Crippen LogP contribution >= 0.6 is 0 Å². The van der Waals surface area contributed by atoms with Crippen molar-refractivity contribution in [3.05, 3.63) is 48.3 Å². The van der Waals surface area contributed by atoms with Gasteiger partial charge in [-0.15, -0.1) is 0 Å². The first-order valence-electron chi connectivity index (χ1n) is 7.90. The van der Waals surface area contributed by atoms with Crippen molar-refractivity contribution in [3.63, 3.8) is 0 Å². The number of hydrogen-bond acceptors (Lipinski definition) is 3. The molecular formula is C17H24N4. The largest absolute Gasteiger partial charge is 0.381 e. The molecule has 1 fully saturated rings. The molecule has 2 aromatic rings. The van der Waals surface area contributed by atoms with E-state index in [1.54, 1.807) is 0 Å². The Morgan fingerprint density at radius 2 is 2.10 bits per heavy atom. The molecule has 0 aliphatic carbocycles. The van der Waals surface area contributed by atoms with E-state index >= 15 is 0 Å². The first-order valence-corrected chi connectivity index (χ1v) is 7.90. The SMILES string of the molecule is CCn1nccc1CCN1CC[C@@H](Nc2ccccc2)C1. The molecule has 3 rings (SSSR count). The van der Waals surface area contributed by atoms with Gasteiger partial charge in [-0.05, 0) is 31.5 Å². The monoisotopic (exact) mass is 284 g/mol. The highest BCUT2D eigenvalue weighted by molar-refractivity contribution is 5.43. The van der Waals surface area contributed by atoms with Crippen molar-refractivity contribution >= 4 is 5.69 Å². The summed E-state index contributed by atoms with van der Waals surface area (Å²) in [6, 6.07) is 13.2. The fraction of sp³-hybridized carbons (Fsp3) is 0.471. The van der Waals surface area contributed by atoms with E-state index in [2.05, 4.69) is 63.3 Å². The molecule has 1 atom stereocenters. The smallest absolute Gasteiger partial charge is 0.0492 e. The summed E-state index contributed by atoms with van der Waals surface area (Å²) in [6.07, 6.45) is 4.22. The number of aryl methyl sites for hydroxylation is 1. The van der Waals surface area contributed by atoms with Crippen LogP contribution in [0.5, 0.6) is 0 Å². The Kier molecular flexibility index (Phi) is 4.55. The second-order valence-electron chi connectivity index (χ2n) is 5.68. The summed E-state index contributed by atoms with van der Waals surface area (Å²) in [6.45, 7) is 6.55. The van der Waals surface area contributed by atoms with E-state index in [-0.39, 0.29) is 0 Å². The Bertz CT molecular complexity index is 549. The van der Waals surface area contributed by atoms with Gasteiger partial charge in [-0.1, -0.05) is 18.2 Å². The van der Waals surface area contributed by atoms with E-state index < -0.39 is 0 Å². The molecule has 1 aliphatic heterocycles. The summed E-state index contributed by atoms with van der Waals surface area (Å²) >= 11 is 0. The van der Waals surface area contributed by atoms with Crippen LogP contribution in [0.15, 0.2) is 42.6 Å². The predicted molar refractivity (Wildman–Crippen MR) is 86.5 cm³/mol. The standard InChI is InChI=1S/C17H24N4/c1-2-21-17(8-11-18-21)10-13-20-12-9-16(14-20)19-15-6-4-3-5-7-15/h3-8,11,16,19H,2,9-10,12-14H2,1H3/t16-/m1/s1. The Hall–Kier alpha value is -1.81. The summed E-state index contributed by atoms with van der Waals surface area (Å²) in [5.74, 6) is 0. The van der Waals surface area contributed by atoms with Gasteiger partial charge < -0.3 is 10.2 Å². The minimum Gasteiger partial charge on any atom is -0.381 e. The van der Waals surface area contributed by atoms with Crippen molar-refractivity contribution in [2.75, 3.05) is 25.0 Å². The van der Waals surface area contributed by atoms with Crippen LogP contribution < -0.4 is 5.32 Å². The number of nitrogens with one attached hydrogen (secondary N) is 1. The Balaban J connectivity index is 1.47. The molecule has 0 bridgehead atoms. The zero-order valence-corrected chi connectivity index (χ0v) is 12.7. The molecule has 21 heavy (non-hydrogen) atoms. The number of hydrogen-bond donors (Lipinski definition) is 1. The molecular weight excluding hydrogens is 260 g/mol. The third-order valence-corrected chi connectivity index (χ3v) is 4.21. The van der Waals surface area contributed by atoms with Crippen molar-refractivity contribution in [1.82, 2.24) is 14.7 Å². The maximum Gasteiger partial charge on any atom is 0.0492 e. The molecule has 0 amide bonds. The van der Waals surface area contributed by atoms with Crippen LogP contribution in [0.25, 0.3) is 0 Å². The number of benzene rings is 1. The lowest BCUT2D eigenvalue weighted by molar-refractivity contribution is 0.337. The molecule has 0 spiro atoms. The maximum atomic E-state index is 4.34. The van der Waals surface area contributed by atoms with Gasteiger partial charge in [0, 0.05) is 56.2 Å². The lowest BCUT2D eigenvalue weighted by atomic mass is 10.2. The zero-order chi connectivity index (χ0) is 14.5. The molecule has 2 heterocycles. The van der Waals surface area contributed by atoms with Crippen LogP contribution in [-0.4, -0.2) is 40.4 Å². The zero-order valence-electron chi connectivity index (χ0n) is 12.7. The molecule has 1 aliphatic rings. The van der Waals surface area contributed by atoms with E-state index in [0.29, 0.717) is 6.04 Å². The predicted octanol–water partition coefficient (Wildman–Crippen LogP) is 2.63. The van der Waals surface area contributed by atoms with Gasteiger partial charge in [-0.2, -0.15) is 5.10 Å². The van der Waals surface area contributed by atoms with Gasteiger partial charge in [0.25, 0.3) is 0 Å². The average molecular weight is 284 g/mol. The number of para-hydroxylation sites is 1. The number of rotatable bonds is 6. The van der Waals surface area contributed by atoms with Crippen molar-refractivity contribution in [3.8, 4) is 0 Å². The molecule has 0 saturated carbocycles. The molecule has 1 N–H and O–H groups in total.